The molecule has 0 atom stereocenters. The van der Waals surface area contributed by atoms with E-state index in [1.807, 2.05) is 13.1 Å². The van der Waals surface area contributed by atoms with Crippen LogP contribution in [0.5, 0.6) is 0 Å². The van der Waals surface area contributed by atoms with E-state index in [9.17, 15) is 0 Å². The summed E-state index contributed by atoms with van der Waals surface area (Å²) in [7, 11) is 0. The number of aromatic nitrogens is 3. The van der Waals surface area contributed by atoms with Crippen LogP contribution in [-0.2, 0) is 0 Å². The van der Waals surface area contributed by atoms with E-state index < -0.39 is 0 Å². The smallest absolute Gasteiger partial charge is 0.147 e. The van der Waals surface area contributed by atoms with Crippen molar-refractivity contribution in [3.05, 3.63) is 125 Å². The fourth-order valence-corrected chi connectivity index (χ4v) is 7.08. The summed E-state index contributed by atoms with van der Waals surface area (Å²) in [6, 6.07) is 35.1. The SMILES string of the molecule is Cc1cc(-c2ccc3scc(-c4nc5ccccc5n4-c4c(C(C)C)cc(-c5ccccc5)cc4C(C)C)c3c2)ccn1. The van der Waals surface area contributed by atoms with Gasteiger partial charge in [0.2, 0.25) is 0 Å². The number of fused-ring (bicyclic) bond motifs is 2. The van der Waals surface area contributed by atoms with Crippen molar-refractivity contribution in [2.24, 2.45) is 0 Å². The lowest BCUT2D eigenvalue weighted by molar-refractivity contribution is 0.812. The van der Waals surface area contributed by atoms with E-state index in [-0.39, 0.29) is 0 Å². The van der Waals surface area contributed by atoms with Gasteiger partial charge in [0.05, 0.1) is 16.7 Å². The predicted octanol–water partition coefficient (Wildman–Crippen LogP) is 11.2. The maximum Gasteiger partial charge on any atom is 0.147 e. The summed E-state index contributed by atoms with van der Waals surface area (Å²) in [5, 5.41) is 3.51. The molecule has 0 aliphatic rings. The Balaban J connectivity index is 1.53. The molecule has 4 aromatic carbocycles. The minimum absolute atomic E-state index is 0.325. The molecule has 7 aromatic rings. The second kappa shape index (κ2) is 10.9. The third kappa shape index (κ3) is 4.86. The molecule has 0 radical (unpaired) electrons. The van der Waals surface area contributed by atoms with Gasteiger partial charge in [0, 0.05) is 32.9 Å². The zero-order chi connectivity index (χ0) is 29.7. The third-order valence-corrected chi connectivity index (χ3v) is 9.31. The molecule has 7 rings (SSSR count). The number of para-hydroxylation sites is 2. The van der Waals surface area contributed by atoms with Crippen LogP contribution in [0.4, 0.5) is 0 Å². The van der Waals surface area contributed by atoms with Gasteiger partial charge in [-0.2, -0.15) is 0 Å². The van der Waals surface area contributed by atoms with Crippen LogP contribution in [0.25, 0.3) is 60.4 Å². The molecule has 0 aliphatic heterocycles. The van der Waals surface area contributed by atoms with Crippen molar-refractivity contribution in [1.29, 1.82) is 0 Å². The van der Waals surface area contributed by atoms with Crippen molar-refractivity contribution >= 4 is 32.5 Å². The molecule has 0 bridgehead atoms. The first-order chi connectivity index (χ1) is 20.9. The predicted molar refractivity (Wildman–Crippen MR) is 183 cm³/mol. The Kier molecular flexibility index (Phi) is 6.95. The van der Waals surface area contributed by atoms with E-state index in [0.29, 0.717) is 11.8 Å². The number of rotatable bonds is 6. The Labute approximate surface area is 257 Å². The first-order valence-electron chi connectivity index (χ1n) is 15.0. The van der Waals surface area contributed by atoms with Gasteiger partial charge in [0.25, 0.3) is 0 Å². The van der Waals surface area contributed by atoms with Crippen LogP contribution in [0.1, 0.15) is 56.4 Å². The van der Waals surface area contributed by atoms with Crippen LogP contribution in [0.3, 0.4) is 0 Å². The number of aryl methyl sites for hydroxylation is 1. The highest BCUT2D eigenvalue weighted by atomic mass is 32.1. The number of nitrogens with zero attached hydrogens (tertiary/aromatic N) is 3. The van der Waals surface area contributed by atoms with Gasteiger partial charge in [-0.25, -0.2) is 4.98 Å². The van der Waals surface area contributed by atoms with Gasteiger partial charge in [-0.05, 0) is 101 Å². The average molecular weight is 578 g/mol. The molecule has 0 spiro atoms. The summed E-state index contributed by atoms with van der Waals surface area (Å²) in [5.41, 5.74) is 13.1. The Hall–Kier alpha value is -4.54. The topological polar surface area (TPSA) is 30.7 Å². The molecule has 0 unspecified atom stereocenters. The molecule has 3 heterocycles. The van der Waals surface area contributed by atoms with E-state index in [1.165, 1.54) is 54.7 Å². The van der Waals surface area contributed by atoms with Gasteiger partial charge in [-0.3, -0.25) is 9.55 Å². The molecular weight excluding hydrogens is 543 g/mol. The summed E-state index contributed by atoms with van der Waals surface area (Å²) in [6.45, 7) is 11.3. The molecule has 3 nitrogen and oxygen atoms in total. The van der Waals surface area contributed by atoms with Crippen LogP contribution in [0, 0.1) is 6.92 Å². The molecule has 0 amide bonds. The largest absolute Gasteiger partial charge is 0.292 e. The summed E-state index contributed by atoms with van der Waals surface area (Å²) < 4.78 is 3.70. The lowest BCUT2D eigenvalue weighted by Gasteiger charge is -2.24. The molecular formula is C39H35N3S. The molecule has 212 valence electrons. The van der Waals surface area contributed by atoms with Gasteiger partial charge in [-0.15, -0.1) is 11.3 Å². The highest BCUT2D eigenvalue weighted by molar-refractivity contribution is 7.17. The third-order valence-electron chi connectivity index (χ3n) is 8.35. The Morgan fingerprint density at radius 3 is 2.09 bits per heavy atom. The molecule has 4 heteroatoms. The highest BCUT2D eigenvalue weighted by Crippen LogP contribution is 2.43. The van der Waals surface area contributed by atoms with Crippen molar-refractivity contribution in [2.75, 3.05) is 0 Å². The molecule has 0 fully saturated rings. The minimum atomic E-state index is 0.325. The summed E-state index contributed by atoms with van der Waals surface area (Å²) in [6.07, 6.45) is 1.89. The number of thiophene rings is 1. The Morgan fingerprint density at radius 1 is 0.674 bits per heavy atom. The number of hydrogen-bond donors (Lipinski definition) is 0. The van der Waals surface area contributed by atoms with Crippen LogP contribution in [0.2, 0.25) is 0 Å². The van der Waals surface area contributed by atoms with Gasteiger partial charge in [-0.1, -0.05) is 76.2 Å². The lowest BCUT2D eigenvalue weighted by atomic mass is 9.88. The van der Waals surface area contributed by atoms with E-state index in [0.717, 1.165) is 22.6 Å². The Morgan fingerprint density at radius 2 is 1.37 bits per heavy atom. The maximum absolute atomic E-state index is 5.34. The van der Waals surface area contributed by atoms with Gasteiger partial charge < -0.3 is 0 Å². The van der Waals surface area contributed by atoms with Gasteiger partial charge in [0.1, 0.15) is 5.82 Å². The quantitative estimate of drug-likeness (QED) is 0.197. The number of imidazole rings is 1. The number of pyridine rings is 1. The molecule has 3 aromatic heterocycles. The van der Waals surface area contributed by atoms with Crippen molar-refractivity contribution in [3.8, 4) is 39.3 Å². The fraction of sp³-hybridized carbons (Fsp3) is 0.179. The summed E-state index contributed by atoms with van der Waals surface area (Å²) in [5.74, 6) is 1.64. The summed E-state index contributed by atoms with van der Waals surface area (Å²) >= 11 is 1.78. The molecule has 0 aliphatic carbocycles. The van der Waals surface area contributed by atoms with Crippen LogP contribution in [0.15, 0.2) is 109 Å². The van der Waals surface area contributed by atoms with Gasteiger partial charge >= 0.3 is 0 Å². The highest BCUT2D eigenvalue weighted by Gasteiger charge is 2.24. The van der Waals surface area contributed by atoms with E-state index in [1.54, 1.807) is 11.3 Å². The monoisotopic (exact) mass is 577 g/mol. The normalized spacial score (nSPS) is 11.8. The van der Waals surface area contributed by atoms with Crippen molar-refractivity contribution in [3.63, 3.8) is 0 Å². The summed E-state index contributed by atoms with van der Waals surface area (Å²) in [4.78, 5) is 9.75. The number of hydrogen-bond acceptors (Lipinski definition) is 3. The van der Waals surface area contributed by atoms with Crippen molar-refractivity contribution in [1.82, 2.24) is 14.5 Å². The van der Waals surface area contributed by atoms with Crippen molar-refractivity contribution in [2.45, 2.75) is 46.5 Å². The first kappa shape index (κ1) is 27.3. The van der Waals surface area contributed by atoms with Crippen LogP contribution < -0.4 is 0 Å². The van der Waals surface area contributed by atoms with Crippen molar-refractivity contribution < 1.29 is 0 Å². The standard InChI is InChI=1S/C39H35N3S/c1-24(2)31-21-30(27-11-7-6-8-12-27)22-32(25(3)4)38(31)42-36-14-10-9-13-35(36)41-39(42)34-23-43-37-16-15-28(20-33(34)37)29-17-18-40-26(5)19-29/h6-25H,1-5H3. The van der Waals surface area contributed by atoms with Crippen LogP contribution in [-0.4, -0.2) is 14.5 Å². The maximum atomic E-state index is 5.34. The molecule has 0 saturated carbocycles. The van der Waals surface area contributed by atoms with Gasteiger partial charge in [0.15, 0.2) is 0 Å². The molecule has 0 N–H and O–H groups in total. The lowest BCUT2D eigenvalue weighted by Crippen LogP contribution is -2.09. The zero-order valence-corrected chi connectivity index (χ0v) is 26.1. The second-order valence-electron chi connectivity index (χ2n) is 12.0. The molecule has 43 heavy (non-hydrogen) atoms. The van der Waals surface area contributed by atoms with E-state index >= 15 is 0 Å². The first-order valence-corrected chi connectivity index (χ1v) is 15.9. The second-order valence-corrected chi connectivity index (χ2v) is 12.9. The zero-order valence-electron chi connectivity index (χ0n) is 25.3. The number of benzene rings is 4. The minimum Gasteiger partial charge on any atom is -0.292 e. The fourth-order valence-electron chi connectivity index (χ4n) is 6.16. The van der Waals surface area contributed by atoms with E-state index in [2.05, 4.69) is 140 Å². The molecule has 0 saturated heterocycles. The van der Waals surface area contributed by atoms with Crippen LogP contribution >= 0.6 is 11.3 Å². The van der Waals surface area contributed by atoms with E-state index in [4.69, 9.17) is 4.98 Å². The average Bonchev–Trinajstić information content (AvgIpc) is 3.61. The Bertz CT molecular complexity index is 2070.